The normalized spacial score (nSPS) is 16.0. The van der Waals surface area contributed by atoms with Crippen LogP contribution in [0.25, 0.3) is 21.9 Å². The van der Waals surface area contributed by atoms with Crippen LogP contribution in [0, 0.1) is 5.92 Å². The standard InChI is InChI=1S/C27H32O/c1-3-5-6-8-21-17-25-14-13-24-18-23(15-16-26(24)27(25)28-19-21)22-11-9-20(7-4-2)10-12-22/h9-16,18,21H,3-8,17,19H2,1-2H3. The fourth-order valence-electron chi connectivity index (χ4n) is 4.45. The minimum absolute atomic E-state index is 0.678. The predicted octanol–water partition coefficient (Wildman–Crippen LogP) is 7.59. The Morgan fingerprint density at radius 3 is 2.46 bits per heavy atom. The number of benzene rings is 3. The Hall–Kier alpha value is -2.28. The van der Waals surface area contributed by atoms with Crippen molar-refractivity contribution in [2.24, 2.45) is 5.92 Å². The Morgan fingerprint density at radius 1 is 0.857 bits per heavy atom. The van der Waals surface area contributed by atoms with E-state index in [0.717, 1.165) is 25.2 Å². The van der Waals surface area contributed by atoms with E-state index in [1.807, 2.05) is 0 Å². The van der Waals surface area contributed by atoms with E-state index in [1.54, 1.807) is 0 Å². The molecule has 1 heteroatoms. The molecular weight excluding hydrogens is 340 g/mol. The molecule has 1 nitrogen and oxygen atoms in total. The zero-order valence-electron chi connectivity index (χ0n) is 17.3. The monoisotopic (exact) mass is 372 g/mol. The summed E-state index contributed by atoms with van der Waals surface area (Å²) in [5.74, 6) is 1.80. The van der Waals surface area contributed by atoms with Gasteiger partial charge in [-0.2, -0.15) is 0 Å². The van der Waals surface area contributed by atoms with Crippen molar-refractivity contribution in [2.75, 3.05) is 6.61 Å². The molecular formula is C27H32O. The van der Waals surface area contributed by atoms with Gasteiger partial charge in [-0.25, -0.2) is 0 Å². The molecule has 0 fully saturated rings. The third-order valence-electron chi connectivity index (χ3n) is 6.07. The van der Waals surface area contributed by atoms with E-state index in [-0.39, 0.29) is 0 Å². The van der Waals surface area contributed by atoms with Gasteiger partial charge in [-0.15, -0.1) is 0 Å². The van der Waals surface area contributed by atoms with Gasteiger partial charge in [0, 0.05) is 5.39 Å². The molecule has 28 heavy (non-hydrogen) atoms. The second kappa shape index (κ2) is 8.82. The number of aryl methyl sites for hydroxylation is 1. The zero-order valence-corrected chi connectivity index (χ0v) is 17.3. The third-order valence-corrected chi connectivity index (χ3v) is 6.07. The summed E-state index contributed by atoms with van der Waals surface area (Å²) in [4.78, 5) is 0. The second-order valence-corrected chi connectivity index (χ2v) is 8.31. The van der Waals surface area contributed by atoms with Gasteiger partial charge in [-0.1, -0.05) is 88.1 Å². The van der Waals surface area contributed by atoms with Gasteiger partial charge in [0.2, 0.25) is 0 Å². The Morgan fingerprint density at radius 2 is 1.68 bits per heavy atom. The highest BCUT2D eigenvalue weighted by Crippen LogP contribution is 2.37. The maximum absolute atomic E-state index is 6.27. The van der Waals surface area contributed by atoms with Gasteiger partial charge in [0.1, 0.15) is 5.75 Å². The van der Waals surface area contributed by atoms with E-state index in [9.17, 15) is 0 Å². The molecule has 0 saturated carbocycles. The third kappa shape index (κ3) is 4.09. The van der Waals surface area contributed by atoms with Crippen molar-refractivity contribution < 1.29 is 4.74 Å². The lowest BCUT2D eigenvalue weighted by atomic mass is 9.90. The molecule has 146 valence electrons. The van der Waals surface area contributed by atoms with Gasteiger partial charge < -0.3 is 4.74 Å². The van der Waals surface area contributed by atoms with Crippen LogP contribution >= 0.6 is 0 Å². The average molecular weight is 373 g/mol. The quantitative estimate of drug-likeness (QED) is 0.388. The molecule has 0 N–H and O–H groups in total. The first kappa shape index (κ1) is 19.1. The number of ether oxygens (including phenoxy) is 1. The lowest BCUT2D eigenvalue weighted by Crippen LogP contribution is -2.21. The van der Waals surface area contributed by atoms with Crippen molar-refractivity contribution in [1.82, 2.24) is 0 Å². The largest absolute Gasteiger partial charge is 0.492 e. The number of unbranched alkanes of at least 4 members (excludes halogenated alkanes) is 2. The van der Waals surface area contributed by atoms with Crippen molar-refractivity contribution in [1.29, 1.82) is 0 Å². The molecule has 1 heterocycles. The molecule has 0 radical (unpaired) electrons. The Bertz CT molecular complexity index is 923. The first-order valence-electron chi connectivity index (χ1n) is 11.1. The maximum Gasteiger partial charge on any atom is 0.130 e. The van der Waals surface area contributed by atoms with Crippen LogP contribution in [-0.4, -0.2) is 6.61 Å². The van der Waals surface area contributed by atoms with Gasteiger partial charge in [-0.3, -0.25) is 0 Å². The summed E-state index contributed by atoms with van der Waals surface area (Å²) in [6.07, 6.45) is 8.75. The number of rotatable bonds is 7. The highest BCUT2D eigenvalue weighted by Gasteiger charge is 2.21. The summed E-state index contributed by atoms with van der Waals surface area (Å²) >= 11 is 0. The molecule has 1 aliphatic heterocycles. The first-order valence-corrected chi connectivity index (χ1v) is 11.1. The highest BCUT2D eigenvalue weighted by atomic mass is 16.5. The van der Waals surface area contributed by atoms with Gasteiger partial charge >= 0.3 is 0 Å². The van der Waals surface area contributed by atoms with E-state index in [2.05, 4.69) is 68.4 Å². The molecule has 0 bridgehead atoms. The summed E-state index contributed by atoms with van der Waals surface area (Å²) in [6.45, 7) is 5.37. The summed E-state index contributed by atoms with van der Waals surface area (Å²) < 4.78 is 6.27. The molecule has 3 aromatic carbocycles. The first-order chi connectivity index (χ1) is 13.8. The lowest BCUT2D eigenvalue weighted by molar-refractivity contribution is 0.214. The van der Waals surface area contributed by atoms with Crippen molar-refractivity contribution >= 4 is 10.8 Å². The van der Waals surface area contributed by atoms with Gasteiger partial charge in [0.05, 0.1) is 6.61 Å². The van der Waals surface area contributed by atoms with Crippen LogP contribution in [0.15, 0.2) is 54.6 Å². The Balaban J connectivity index is 1.56. The fraction of sp³-hybridized carbons (Fsp3) is 0.407. The predicted molar refractivity (Wildman–Crippen MR) is 120 cm³/mol. The molecule has 1 atom stereocenters. The fourth-order valence-corrected chi connectivity index (χ4v) is 4.45. The summed E-state index contributed by atoms with van der Waals surface area (Å²) in [5, 5.41) is 2.54. The van der Waals surface area contributed by atoms with Crippen LogP contribution in [0.3, 0.4) is 0 Å². The zero-order chi connectivity index (χ0) is 19.3. The minimum atomic E-state index is 0.678. The van der Waals surface area contributed by atoms with Crippen LogP contribution < -0.4 is 4.74 Å². The molecule has 0 spiro atoms. The number of hydrogen-bond acceptors (Lipinski definition) is 1. The van der Waals surface area contributed by atoms with Crippen molar-refractivity contribution in [2.45, 2.75) is 58.8 Å². The molecule has 4 rings (SSSR count). The van der Waals surface area contributed by atoms with Crippen LogP contribution in [0.1, 0.15) is 57.1 Å². The van der Waals surface area contributed by atoms with Gasteiger partial charge in [-0.05, 0) is 58.9 Å². The summed E-state index contributed by atoms with van der Waals surface area (Å²) in [6, 6.07) is 20.4. The number of fused-ring (bicyclic) bond motifs is 3. The molecule has 3 aromatic rings. The van der Waals surface area contributed by atoms with E-state index < -0.39 is 0 Å². The van der Waals surface area contributed by atoms with Crippen LogP contribution in [-0.2, 0) is 12.8 Å². The van der Waals surface area contributed by atoms with Crippen molar-refractivity contribution in [3.63, 3.8) is 0 Å². The summed E-state index contributed by atoms with van der Waals surface area (Å²) in [5.41, 5.74) is 5.38. The molecule has 1 aliphatic rings. The van der Waals surface area contributed by atoms with Crippen LogP contribution in [0.2, 0.25) is 0 Å². The molecule has 0 saturated heterocycles. The number of hydrogen-bond donors (Lipinski definition) is 0. The molecule has 0 aromatic heterocycles. The van der Waals surface area contributed by atoms with Gasteiger partial charge in [0.15, 0.2) is 0 Å². The van der Waals surface area contributed by atoms with E-state index in [0.29, 0.717) is 5.92 Å². The smallest absolute Gasteiger partial charge is 0.130 e. The molecule has 0 aliphatic carbocycles. The Labute approximate surface area is 169 Å². The Kier molecular flexibility index (Phi) is 6.00. The minimum Gasteiger partial charge on any atom is -0.492 e. The second-order valence-electron chi connectivity index (χ2n) is 8.31. The lowest BCUT2D eigenvalue weighted by Gasteiger charge is -2.26. The SMILES string of the molecule is CCCCCC1COc2c(ccc3cc(-c4ccc(CCC)cc4)ccc23)C1. The van der Waals surface area contributed by atoms with E-state index in [4.69, 9.17) is 4.74 Å². The van der Waals surface area contributed by atoms with E-state index >= 15 is 0 Å². The maximum atomic E-state index is 6.27. The van der Waals surface area contributed by atoms with Crippen LogP contribution in [0.4, 0.5) is 0 Å². The molecule has 0 amide bonds. The average Bonchev–Trinajstić information content (AvgIpc) is 2.74. The van der Waals surface area contributed by atoms with Crippen molar-refractivity contribution in [3.05, 3.63) is 65.7 Å². The van der Waals surface area contributed by atoms with E-state index in [1.165, 1.54) is 65.1 Å². The van der Waals surface area contributed by atoms with Crippen molar-refractivity contribution in [3.8, 4) is 16.9 Å². The highest BCUT2D eigenvalue weighted by molar-refractivity contribution is 5.93. The summed E-state index contributed by atoms with van der Waals surface area (Å²) in [7, 11) is 0. The molecule has 1 unspecified atom stereocenters. The van der Waals surface area contributed by atoms with Gasteiger partial charge in [0.25, 0.3) is 0 Å². The topological polar surface area (TPSA) is 9.23 Å². The van der Waals surface area contributed by atoms with Crippen LogP contribution in [0.5, 0.6) is 5.75 Å².